The lowest BCUT2D eigenvalue weighted by Gasteiger charge is -2.28. The van der Waals surface area contributed by atoms with E-state index >= 15 is 0 Å². The van der Waals surface area contributed by atoms with Gasteiger partial charge in [0, 0.05) is 56.0 Å². The van der Waals surface area contributed by atoms with Crippen LogP contribution in [-0.2, 0) is 7.05 Å². The Bertz CT molecular complexity index is 651. The highest BCUT2D eigenvalue weighted by atomic mass is 32.2. The van der Waals surface area contributed by atoms with Gasteiger partial charge < -0.3 is 15.1 Å². The van der Waals surface area contributed by atoms with Gasteiger partial charge in [0.25, 0.3) is 0 Å². The maximum Gasteiger partial charge on any atom is 0.134 e. The first-order valence-electron chi connectivity index (χ1n) is 8.17. The number of anilines is 2. The van der Waals surface area contributed by atoms with Crippen molar-refractivity contribution in [1.29, 1.82) is 0 Å². The third-order valence-electron chi connectivity index (χ3n) is 4.20. The molecule has 1 saturated heterocycles. The Kier molecular flexibility index (Phi) is 5.57. The van der Waals surface area contributed by atoms with Gasteiger partial charge in [0.2, 0.25) is 0 Å². The van der Waals surface area contributed by atoms with Crippen molar-refractivity contribution in [2.75, 3.05) is 55.5 Å². The Morgan fingerprint density at radius 3 is 2.75 bits per heavy atom. The number of hydrogen-bond donors (Lipinski definition) is 1. The third kappa shape index (κ3) is 4.18. The van der Waals surface area contributed by atoms with Crippen molar-refractivity contribution < 1.29 is 0 Å². The molecule has 1 atom stereocenters. The summed E-state index contributed by atoms with van der Waals surface area (Å²) in [4.78, 5) is 13.3. The molecule has 0 aromatic carbocycles. The van der Waals surface area contributed by atoms with E-state index < -0.39 is 0 Å². The molecule has 1 aliphatic rings. The van der Waals surface area contributed by atoms with Gasteiger partial charge in [-0.3, -0.25) is 4.68 Å². The van der Waals surface area contributed by atoms with Crippen LogP contribution in [0.5, 0.6) is 0 Å². The molecular formula is C16H25N7S. The summed E-state index contributed by atoms with van der Waals surface area (Å²) >= 11 is 2.00. The van der Waals surface area contributed by atoms with E-state index in [0.29, 0.717) is 0 Å². The maximum atomic E-state index is 4.43. The summed E-state index contributed by atoms with van der Waals surface area (Å²) in [6.07, 6.45) is 5.63. The Hall–Kier alpha value is -1.80. The average Bonchev–Trinajstić information content (AvgIpc) is 3.02. The largest absolute Gasteiger partial charge is 0.368 e. The topological polar surface area (TPSA) is 62.1 Å². The molecule has 2 aromatic heterocycles. The van der Waals surface area contributed by atoms with Crippen LogP contribution in [-0.4, -0.2) is 69.9 Å². The van der Waals surface area contributed by atoms with Crippen LogP contribution in [0, 0.1) is 0 Å². The molecule has 2 aromatic rings. The van der Waals surface area contributed by atoms with Crippen molar-refractivity contribution in [3.8, 4) is 0 Å². The van der Waals surface area contributed by atoms with Gasteiger partial charge in [-0.25, -0.2) is 9.97 Å². The lowest BCUT2D eigenvalue weighted by Crippen LogP contribution is -2.33. The maximum absolute atomic E-state index is 4.43. The summed E-state index contributed by atoms with van der Waals surface area (Å²) in [7, 11) is 6.10. The predicted octanol–water partition coefficient (Wildman–Crippen LogP) is 1.48. The highest BCUT2D eigenvalue weighted by Gasteiger charge is 2.17. The van der Waals surface area contributed by atoms with E-state index in [2.05, 4.69) is 50.5 Å². The van der Waals surface area contributed by atoms with Crippen LogP contribution in [0.2, 0.25) is 0 Å². The average molecular weight is 347 g/mol. The van der Waals surface area contributed by atoms with Gasteiger partial charge >= 0.3 is 0 Å². The number of aromatic nitrogens is 4. The van der Waals surface area contributed by atoms with Crippen LogP contribution in [0.15, 0.2) is 24.8 Å². The minimum absolute atomic E-state index is 0.239. The highest BCUT2D eigenvalue weighted by Crippen LogP contribution is 2.21. The fraction of sp³-hybridized carbons (Fsp3) is 0.562. The predicted molar refractivity (Wildman–Crippen MR) is 99.7 cm³/mol. The molecule has 0 spiro atoms. The van der Waals surface area contributed by atoms with Gasteiger partial charge in [0.15, 0.2) is 0 Å². The quantitative estimate of drug-likeness (QED) is 0.849. The van der Waals surface area contributed by atoms with Crippen LogP contribution in [0.4, 0.5) is 11.6 Å². The fourth-order valence-electron chi connectivity index (χ4n) is 2.82. The lowest BCUT2D eigenvalue weighted by molar-refractivity contribution is 0.311. The van der Waals surface area contributed by atoms with E-state index in [4.69, 9.17) is 0 Å². The number of likely N-dealkylation sites (N-methyl/N-ethyl adjacent to an activating group) is 1. The Morgan fingerprint density at radius 2 is 2.08 bits per heavy atom. The van der Waals surface area contributed by atoms with Crippen LogP contribution in [0.25, 0.3) is 0 Å². The van der Waals surface area contributed by atoms with Gasteiger partial charge in [-0.1, -0.05) is 0 Å². The van der Waals surface area contributed by atoms with Crippen molar-refractivity contribution >= 4 is 23.4 Å². The molecule has 130 valence electrons. The molecular weight excluding hydrogens is 322 g/mol. The van der Waals surface area contributed by atoms with Crippen LogP contribution in [0.3, 0.4) is 0 Å². The standard InChI is InChI=1S/C16H25N7S/c1-21(2)14(13-9-20-22(3)11-13)10-17-15-8-16(19-12-18-15)23-4-6-24-7-5-23/h8-9,11-12,14H,4-7,10H2,1-3H3,(H,17,18,19). The summed E-state index contributed by atoms with van der Waals surface area (Å²) in [6.45, 7) is 2.87. The van der Waals surface area contributed by atoms with Gasteiger partial charge in [-0.05, 0) is 14.1 Å². The van der Waals surface area contributed by atoms with Crippen LogP contribution in [0.1, 0.15) is 11.6 Å². The molecule has 1 unspecified atom stereocenters. The molecule has 7 nitrogen and oxygen atoms in total. The molecule has 0 radical (unpaired) electrons. The second-order valence-corrected chi connectivity index (χ2v) is 7.39. The van der Waals surface area contributed by atoms with E-state index in [1.807, 2.05) is 35.8 Å². The first kappa shape index (κ1) is 17.0. The molecule has 1 fully saturated rings. The van der Waals surface area contributed by atoms with Gasteiger partial charge in [0.05, 0.1) is 12.2 Å². The third-order valence-corrected chi connectivity index (χ3v) is 5.14. The molecule has 0 saturated carbocycles. The van der Waals surface area contributed by atoms with Crippen molar-refractivity contribution in [1.82, 2.24) is 24.6 Å². The highest BCUT2D eigenvalue weighted by molar-refractivity contribution is 7.99. The number of rotatable bonds is 6. The molecule has 3 heterocycles. The normalized spacial score (nSPS) is 16.4. The summed E-state index contributed by atoms with van der Waals surface area (Å²) in [5.41, 5.74) is 1.19. The van der Waals surface area contributed by atoms with Crippen molar-refractivity contribution in [3.63, 3.8) is 0 Å². The van der Waals surface area contributed by atoms with Crippen LogP contribution < -0.4 is 10.2 Å². The smallest absolute Gasteiger partial charge is 0.134 e. The first-order valence-corrected chi connectivity index (χ1v) is 9.32. The van der Waals surface area contributed by atoms with E-state index in [9.17, 15) is 0 Å². The summed E-state index contributed by atoms with van der Waals surface area (Å²) in [5, 5.41) is 7.73. The SMILES string of the molecule is CN(C)C(CNc1cc(N2CCSCC2)ncn1)c1cnn(C)c1. The fourth-order valence-corrected chi connectivity index (χ4v) is 3.72. The number of nitrogens with one attached hydrogen (secondary N) is 1. The van der Waals surface area contributed by atoms with E-state index in [-0.39, 0.29) is 6.04 Å². The molecule has 1 N–H and O–H groups in total. The molecule has 24 heavy (non-hydrogen) atoms. The first-order chi connectivity index (χ1) is 11.6. The summed E-state index contributed by atoms with van der Waals surface area (Å²) in [6, 6.07) is 2.29. The van der Waals surface area contributed by atoms with Crippen molar-refractivity contribution in [2.24, 2.45) is 7.05 Å². The van der Waals surface area contributed by atoms with Gasteiger partial charge in [-0.15, -0.1) is 0 Å². The molecule has 0 bridgehead atoms. The molecule has 0 amide bonds. The zero-order chi connectivity index (χ0) is 16.9. The minimum Gasteiger partial charge on any atom is -0.368 e. The van der Waals surface area contributed by atoms with E-state index in [1.54, 1.807) is 6.33 Å². The monoisotopic (exact) mass is 347 g/mol. The zero-order valence-electron chi connectivity index (χ0n) is 14.5. The number of thioether (sulfide) groups is 1. The lowest BCUT2D eigenvalue weighted by atomic mass is 10.1. The Morgan fingerprint density at radius 1 is 1.29 bits per heavy atom. The van der Waals surface area contributed by atoms with Gasteiger partial charge in [0.1, 0.15) is 18.0 Å². The Balaban J connectivity index is 1.66. The summed E-state index contributed by atoms with van der Waals surface area (Å²) in [5.74, 6) is 4.21. The number of aryl methyl sites for hydroxylation is 1. The summed E-state index contributed by atoms with van der Waals surface area (Å²) < 4.78 is 1.84. The Labute approximate surface area is 147 Å². The van der Waals surface area contributed by atoms with Crippen molar-refractivity contribution in [3.05, 3.63) is 30.4 Å². The van der Waals surface area contributed by atoms with Crippen LogP contribution >= 0.6 is 11.8 Å². The molecule has 0 aliphatic carbocycles. The minimum atomic E-state index is 0.239. The second kappa shape index (κ2) is 7.85. The molecule has 1 aliphatic heterocycles. The second-order valence-electron chi connectivity index (χ2n) is 6.17. The number of nitrogens with zero attached hydrogens (tertiary/aromatic N) is 6. The molecule has 8 heteroatoms. The van der Waals surface area contributed by atoms with E-state index in [0.717, 1.165) is 42.8 Å². The van der Waals surface area contributed by atoms with Crippen molar-refractivity contribution in [2.45, 2.75) is 6.04 Å². The molecule has 3 rings (SSSR count). The number of hydrogen-bond acceptors (Lipinski definition) is 7. The van der Waals surface area contributed by atoms with E-state index in [1.165, 1.54) is 5.56 Å². The van der Waals surface area contributed by atoms with Gasteiger partial charge in [-0.2, -0.15) is 16.9 Å². The zero-order valence-corrected chi connectivity index (χ0v) is 15.3.